The molecule has 1 fully saturated rings. The normalized spacial score (nSPS) is 14.5. The maximum atomic E-state index is 9.02. The highest BCUT2D eigenvalue weighted by atomic mass is 16.4. The lowest BCUT2D eigenvalue weighted by atomic mass is 10.1. The van der Waals surface area contributed by atoms with Gasteiger partial charge in [0.05, 0.1) is 23.1 Å². The van der Waals surface area contributed by atoms with E-state index in [1.165, 1.54) is 12.8 Å². The van der Waals surface area contributed by atoms with Crippen LogP contribution in [-0.4, -0.2) is 30.7 Å². The van der Waals surface area contributed by atoms with Crippen molar-refractivity contribution in [3.05, 3.63) is 72.2 Å². The molecular weight excluding hydrogens is 350 g/mol. The molecule has 1 aliphatic rings. The molecule has 0 unspecified atom stereocenters. The van der Waals surface area contributed by atoms with Gasteiger partial charge in [-0.1, -0.05) is 29.4 Å². The molecule has 4 aromatic rings. The Morgan fingerprint density at radius 2 is 1.93 bits per heavy atom. The monoisotopic (exact) mass is 369 g/mol. The maximum Gasteiger partial charge on any atom is 0.154 e. The van der Waals surface area contributed by atoms with E-state index in [0.717, 1.165) is 33.7 Å². The van der Waals surface area contributed by atoms with Crippen LogP contribution in [0.1, 0.15) is 37.1 Å². The molecule has 1 saturated carbocycles. The number of oxime groups is 1. The van der Waals surface area contributed by atoms with E-state index in [4.69, 9.17) is 10.2 Å². The smallest absolute Gasteiger partial charge is 0.154 e. The lowest BCUT2D eigenvalue weighted by Crippen LogP contribution is -2.01. The number of nitrogens with zero attached hydrogens (tertiary/aromatic N) is 5. The highest BCUT2D eigenvalue weighted by Crippen LogP contribution is 2.39. The van der Waals surface area contributed by atoms with Gasteiger partial charge < -0.3 is 5.21 Å². The van der Waals surface area contributed by atoms with Gasteiger partial charge in [-0.15, -0.1) is 0 Å². The number of pyridine rings is 2. The average Bonchev–Trinajstić information content (AvgIpc) is 3.52. The minimum absolute atomic E-state index is 0.481. The molecule has 1 aromatic carbocycles. The fraction of sp³-hybridized carbons (Fsp3) is 0.182. The van der Waals surface area contributed by atoms with E-state index in [9.17, 15) is 0 Å². The van der Waals surface area contributed by atoms with Gasteiger partial charge in [0, 0.05) is 22.6 Å². The molecule has 3 heterocycles. The van der Waals surface area contributed by atoms with E-state index < -0.39 is 0 Å². The summed E-state index contributed by atoms with van der Waals surface area (Å²) in [5, 5.41) is 17.9. The Hall–Kier alpha value is -3.54. The zero-order chi connectivity index (χ0) is 19.1. The van der Waals surface area contributed by atoms with Gasteiger partial charge in [-0.05, 0) is 50.1 Å². The summed E-state index contributed by atoms with van der Waals surface area (Å²) in [6.45, 7) is 1.73. The first-order valence-corrected chi connectivity index (χ1v) is 9.34. The second kappa shape index (κ2) is 6.56. The van der Waals surface area contributed by atoms with E-state index >= 15 is 0 Å². The van der Waals surface area contributed by atoms with Crippen molar-refractivity contribution >= 4 is 16.6 Å². The molecule has 138 valence electrons. The topological polar surface area (TPSA) is 76.2 Å². The lowest BCUT2D eigenvalue weighted by molar-refractivity contribution is 0.319. The van der Waals surface area contributed by atoms with Crippen LogP contribution in [-0.2, 0) is 0 Å². The first kappa shape index (κ1) is 16.6. The summed E-state index contributed by atoms with van der Waals surface area (Å²) >= 11 is 0. The summed E-state index contributed by atoms with van der Waals surface area (Å²) in [5.41, 5.74) is 5.04. The van der Waals surface area contributed by atoms with Crippen LogP contribution >= 0.6 is 0 Å². The molecule has 6 nitrogen and oxygen atoms in total. The van der Waals surface area contributed by atoms with Crippen LogP contribution in [0.2, 0.25) is 0 Å². The van der Waals surface area contributed by atoms with Crippen LogP contribution in [0.4, 0.5) is 0 Å². The van der Waals surface area contributed by atoms with Gasteiger partial charge in [0.2, 0.25) is 0 Å². The zero-order valence-electron chi connectivity index (χ0n) is 15.4. The van der Waals surface area contributed by atoms with Crippen LogP contribution < -0.4 is 0 Å². The fourth-order valence-corrected chi connectivity index (χ4v) is 3.37. The molecular formula is C22H19N5O. The van der Waals surface area contributed by atoms with Crippen molar-refractivity contribution in [2.24, 2.45) is 5.16 Å². The standard InChI is InChI=1S/C22H19N5O/c1-14(26-28)18-4-2-5-20(24-18)16-10-11-17-13-23-27(21(17)12-16)22-7-3-6-19(25-22)15-8-9-15/h2-7,10-13,15,28H,8-9H2,1H3/b26-14-. The van der Waals surface area contributed by atoms with Crippen LogP contribution in [0.3, 0.4) is 0 Å². The van der Waals surface area contributed by atoms with Crippen molar-refractivity contribution in [1.29, 1.82) is 0 Å². The predicted molar refractivity (Wildman–Crippen MR) is 108 cm³/mol. The Bertz CT molecular complexity index is 1210. The summed E-state index contributed by atoms with van der Waals surface area (Å²) in [5.74, 6) is 1.43. The molecule has 3 aromatic heterocycles. The molecule has 0 atom stereocenters. The molecule has 28 heavy (non-hydrogen) atoms. The number of hydrogen-bond donors (Lipinski definition) is 1. The molecule has 0 saturated heterocycles. The van der Waals surface area contributed by atoms with Crippen molar-refractivity contribution < 1.29 is 5.21 Å². The molecule has 0 amide bonds. The Morgan fingerprint density at radius 3 is 2.75 bits per heavy atom. The van der Waals surface area contributed by atoms with Crippen molar-refractivity contribution in [2.75, 3.05) is 0 Å². The lowest BCUT2D eigenvalue weighted by Gasteiger charge is -2.07. The number of aromatic nitrogens is 4. The first-order valence-electron chi connectivity index (χ1n) is 9.34. The van der Waals surface area contributed by atoms with Gasteiger partial charge in [-0.3, -0.25) is 0 Å². The summed E-state index contributed by atoms with van der Waals surface area (Å²) in [6.07, 6.45) is 4.30. The van der Waals surface area contributed by atoms with E-state index in [0.29, 0.717) is 17.3 Å². The molecule has 0 bridgehead atoms. The molecule has 0 spiro atoms. The van der Waals surface area contributed by atoms with Crippen molar-refractivity contribution in [3.8, 4) is 17.1 Å². The van der Waals surface area contributed by atoms with Crippen LogP contribution in [0.15, 0.2) is 65.9 Å². The van der Waals surface area contributed by atoms with Gasteiger partial charge in [0.25, 0.3) is 0 Å². The summed E-state index contributed by atoms with van der Waals surface area (Å²) in [7, 11) is 0. The summed E-state index contributed by atoms with van der Waals surface area (Å²) < 4.78 is 1.88. The number of benzene rings is 1. The molecule has 6 heteroatoms. The van der Waals surface area contributed by atoms with E-state index in [1.54, 1.807) is 6.92 Å². The number of hydrogen-bond acceptors (Lipinski definition) is 5. The fourth-order valence-electron chi connectivity index (χ4n) is 3.37. The molecule has 1 aliphatic carbocycles. The summed E-state index contributed by atoms with van der Waals surface area (Å²) in [4.78, 5) is 9.44. The van der Waals surface area contributed by atoms with Crippen LogP contribution in [0.5, 0.6) is 0 Å². The maximum absolute atomic E-state index is 9.02. The molecule has 5 rings (SSSR count). The third-order valence-corrected chi connectivity index (χ3v) is 5.11. The van der Waals surface area contributed by atoms with E-state index in [2.05, 4.69) is 33.4 Å². The third-order valence-electron chi connectivity index (χ3n) is 5.11. The SMILES string of the molecule is C/C(=N/O)c1cccc(-c2ccc3cnn(-c4cccc(C5CC5)n4)c3c2)n1. The van der Waals surface area contributed by atoms with Gasteiger partial charge in [-0.2, -0.15) is 5.10 Å². The predicted octanol–water partition coefficient (Wildman–Crippen LogP) is 4.56. The van der Waals surface area contributed by atoms with E-state index in [-0.39, 0.29) is 0 Å². The average molecular weight is 369 g/mol. The van der Waals surface area contributed by atoms with Crippen molar-refractivity contribution in [1.82, 2.24) is 19.7 Å². The number of rotatable bonds is 4. The highest BCUT2D eigenvalue weighted by molar-refractivity contribution is 5.97. The van der Waals surface area contributed by atoms with Gasteiger partial charge in [0.15, 0.2) is 5.82 Å². The first-order chi connectivity index (χ1) is 13.7. The minimum Gasteiger partial charge on any atom is -0.411 e. The van der Waals surface area contributed by atoms with Crippen molar-refractivity contribution in [2.45, 2.75) is 25.7 Å². The zero-order valence-corrected chi connectivity index (χ0v) is 15.4. The second-order valence-corrected chi connectivity index (χ2v) is 7.12. The molecule has 0 aliphatic heterocycles. The van der Waals surface area contributed by atoms with Gasteiger partial charge in [0.1, 0.15) is 5.71 Å². The minimum atomic E-state index is 0.481. The second-order valence-electron chi connectivity index (χ2n) is 7.12. The Kier molecular flexibility index (Phi) is 3.90. The van der Waals surface area contributed by atoms with Crippen molar-refractivity contribution in [3.63, 3.8) is 0 Å². The number of fused-ring (bicyclic) bond motifs is 1. The van der Waals surface area contributed by atoms with Gasteiger partial charge >= 0.3 is 0 Å². The largest absolute Gasteiger partial charge is 0.411 e. The van der Waals surface area contributed by atoms with Gasteiger partial charge in [-0.25, -0.2) is 14.6 Å². The molecule has 1 N–H and O–H groups in total. The van der Waals surface area contributed by atoms with E-state index in [1.807, 2.05) is 47.3 Å². The molecule has 0 radical (unpaired) electrons. The Balaban J connectivity index is 1.60. The Morgan fingerprint density at radius 1 is 1.07 bits per heavy atom. The quantitative estimate of drug-likeness (QED) is 0.325. The summed E-state index contributed by atoms with van der Waals surface area (Å²) in [6, 6.07) is 18.0. The Labute approximate surface area is 162 Å². The van der Waals surface area contributed by atoms with Crippen LogP contribution in [0, 0.1) is 0 Å². The highest BCUT2D eigenvalue weighted by Gasteiger charge is 2.25. The van der Waals surface area contributed by atoms with Crippen LogP contribution in [0.25, 0.3) is 28.0 Å². The third kappa shape index (κ3) is 2.93.